The molecule has 4 heteroatoms. The second-order valence-electron chi connectivity index (χ2n) is 5.43. The van der Waals surface area contributed by atoms with Gasteiger partial charge >= 0.3 is 0 Å². The standard InChI is InChI=1S/C16H21N3S/c1-12-18-15(11-20-12)13-6-7-16(14(17)10-13)19-8-4-2-3-5-9-19/h6-7,10-11H,2-5,8-9,17H2,1H3. The summed E-state index contributed by atoms with van der Waals surface area (Å²) in [7, 11) is 0. The van der Waals surface area contributed by atoms with Crippen LogP contribution in [0.2, 0.25) is 0 Å². The highest BCUT2D eigenvalue weighted by molar-refractivity contribution is 7.09. The molecule has 0 radical (unpaired) electrons. The Morgan fingerprint density at radius 1 is 1.15 bits per heavy atom. The molecule has 0 spiro atoms. The maximum Gasteiger partial charge on any atom is 0.0901 e. The summed E-state index contributed by atoms with van der Waals surface area (Å²) in [4.78, 5) is 6.96. The molecule has 1 aliphatic rings. The highest BCUT2D eigenvalue weighted by Crippen LogP contribution is 2.31. The average Bonchev–Trinajstić information content (AvgIpc) is 2.72. The predicted octanol–water partition coefficient (Wildman–Crippen LogP) is 4.08. The van der Waals surface area contributed by atoms with Crippen molar-refractivity contribution in [1.29, 1.82) is 0 Å². The molecule has 1 fully saturated rings. The summed E-state index contributed by atoms with van der Waals surface area (Å²) in [6.45, 7) is 4.28. The van der Waals surface area contributed by atoms with Crippen molar-refractivity contribution in [3.63, 3.8) is 0 Å². The molecule has 3 nitrogen and oxygen atoms in total. The van der Waals surface area contributed by atoms with Gasteiger partial charge in [-0.1, -0.05) is 18.9 Å². The summed E-state index contributed by atoms with van der Waals surface area (Å²) < 4.78 is 0. The Labute approximate surface area is 124 Å². The van der Waals surface area contributed by atoms with Crippen molar-refractivity contribution in [3.05, 3.63) is 28.6 Å². The number of nitrogens with two attached hydrogens (primary N) is 1. The van der Waals surface area contributed by atoms with Crippen LogP contribution in [0.5, 0.6) is 0 Å². The van der Waals surface area contributed by atoms with Crippen molar-refractivity contribution >= 4 is 22.7 Å². The van der Waals surface area contributed by atoms with Crippen LogP contribution in [-0.4, -0.2) is 18.1 Å². The molecular formula is C16H21N3S. The van der Waals surface area contributed by atoms with E-state index in [-0.39, 0.29) is 0 Å². The van der Waals surface area contributed by atoms with Gasteiger partial charge in [-0.2, -0.15) is 0 Å². The van der Waals surface area contributed by atoms with Crippen molar-refractivity contribution in [2.75, 3.05) is 23.7 Å². The molecule has 2 N–H and O–H groups in total. The third kappa shape index (κ3) is 2.80. The maximum atomic E-state index is 6.28. The smallest absolute Gasteiger partial charge is 0.0901 e. The largest absolute Gasteiger partial charge is 0.397 e. The van der Waals surface area contributed by atoms with E-state index in [9.17, 15) is 0 Å². The van der Waals surface area contributed by atoms with Gasteiger partial charge in [-0.25, -0.2) is 4.98 Å². The van der Waals surface area contributed by atoms with E-state index in [0.29, 0.717) is 0 Å². The van der Waals surface area contributed by atoms with Crippen LogP contribution in [0, 0.1) is 6.92 Å². The lowest BCUT2D eigenvalue weighted by atomic mass is 10.1. The van der Waals surface area contributed by atoms with Gasteiger partial charge in [0.2, 0.25) is 0 Å². The summed E-state index contributed by atoms with van der Waals surface area (Å²) in [5.41, 5.74) is 10.5. The van der Waals surface area contributed by atoms with Gasteiger partial charge in [0.25, 0.3) is 0 Å². The fraction of sp³-hybridized carbons (Fsp3) is 0.438. The topological polar surface area (TPSA) is 42.2 Å². The minimum atomic E-state index is 0.870. The zero-order valence-electron chi connectivity index (χ0n) is 11.9. The molecule has 20 heavy (non-hydrogen) atoms. The van der Waals surface area contributed by atoms with Crippen molar-refractivity contribution in [2.45, 2.75) is 32.6 Å². The van der Waals surface area contributed by atoms with E-state index < -0.39 is 0 Å². The Hall–Kier alpha value is -1.55. The highest BCUT2D eigenvalue weighted by Gasteiger charge is 2.13. The van der Waals surface area contributed by atoms with Crippen LogP contribution in [0.25, 0.3) is 11.3 Å². The maximum absolute atomic E-state index is 6.28. The van der Waals surface area contributed by atoms with Crippen LogP contribution < -0.4 is 10.6 Å². The molecule has 0 saturated carbocycles. The Kier molecular flexibility index (Phi) is 3.92. The number of rotatable bonds is 2. The number of aromatic nitrogens is 1. The van der Waals surface area contributed by atoms with Crippen molar-refractivity contribution < 1.29 is 0 Å². The van der Waals surface area contributed by atoms with E-state index in [0.717, 1.165) is 35.0 Å². The fourth-order valence-electron chi connectivity index (χ4n) is 2.81. The first-order valence-corrected chi connectivity index (χ1v) is 8.19. The highest BCUT2D eigenvalue weighted by atomic mass is 32.1. The van der Waals surface area contributed by atoms with E-state index in [2.05, 4.69) is 33.5 Å². The second kappa shape index (κ2) is 5.83. The lowest BCUT2D eigenvalue weighted by molar-refractivity contribution is 0.726. The molecule has 2 heterocycles. The Bertz CT molecular complexity index is 583. The summed E-state index contributed by atoms with van der Waals surface area (Å²) in [6, 6.07) is 6.37. The van der Waals surface area contributed by atoms with E-state index in [1.54, 1.807) is 11.3 Å². The van der Waals surface area contributed by atoms with Crippen molar-refractivity contribution in [2.24, 2.45) is 0 Å². The van der Waals surface area contributed by atoms with Gasteiger partial charge < -0.3 is 10.6 Å². The lowest BCUT2D eigenvalue weighted by Gasteiger charge is -2.24. The summed E-state index contributed by atoms with van der Waals surface area (Å²) >= 11 is 1.68. The average molecular weight is 287 g/mol. The molecule has 1 saturated heterocycles. The Balaban J connectivity index is 1.87. The third-order valence-corrected chi connectivity index (χ3v) is 4.66. The lowest BCUT2D eigenvalue weighted by Crippen LogP contribution is -2.24. The zero-order valence-corrected chi connectivity index (χ0v) is 12.7. The molecule has 0 aliphatic carbocycles. The molecule has 0 bridgehead atoms. The van der Waals surface area contributed by atoms with E-state index in [4.69, 9.17) is 5.73 Å². The Morgan fingerprint density at radius 2 is 1.90 bits per heavy atom. The second-order valence-corrected chi connectivity index (χ2v) is 6.49. The van der Waals surface area contributed by atoms with Crippen molar-refractivity contribution in [1.82, 2.24) is 4.98 Å². The molecule has 1 aromatic heterocycles. The van der Waals surface area contributed by atoms with E-state index in [1.807, 2.05) is 6.92 Å². The molecule has 106 valence electrons. The fourth-order valence-corrected chi connectivity index (χ4v) is 3.43. The first-order valence-electron chi connectivity index (χ1n) is 7.31. The number of anilines is 2. The number of nitrogen functional groups attached to an aromatic ring is 1. The molecule has 3 rings (SSSR count). The van der Waals surface area contributed by atoms with Gasteiger partial charge in [0.1, 0.15) is 0 Å². The molecular weight excluding hydrogens is 266 g/mol. The zero-order chi connectivity index (χ0) is 13.9. The van der Waals surface area contributed by atoms with E-state index in [1.165, 1.54) is 31.4 Å². The minimum absolute atomic E-state index is 0.870. The van der Waals surface area contributed by atoms with Gasteiger partial charge in [0.05, 0.1) is 22.1 Å². The minimum Gasteiger partial charge on any atom is -0.397 e. The van der Waals surface area contributed by atoms with Crippen LogP contribution in [0.4, 0.5) is 11.4 Å². The monoisotopic (exact) mass is 287 g/mol. The van der Waals surface area contributed by atoms with Gasteiger partial charge in [0.15, 0.2) is 0 Å². The molecule has 2 aromatic rings. The molecule has 0 amide bonds. The van der Waals surface area contributed by atoms with Crippen LogP contribution >= 0.6 is 11.3 Å². The molecule has 1 aliphatic heterocycles. The summed E-state index contributed by atoms with van der Waals surface area (Å²) in [5.74, 6) is 0. The number of hydrogen-bond donors (Lipinski definition) is 1. The van der Waals surface area contributed by atoms with Crippen LogP contribution in [-0.2, 0) is 0 Å². The number of aryl methyl sites for hydroxylation is 1. The van der Waals surface area contributed by atoms with Gasteiger partial charge in [-0.15, -0.1) is 11.3 Å². The summed E-state index contributed by atoms with van der Waals surface area (Å²) in [5, 5.41) is 3.19. The normalized spacial score (nSPS) is 16.1. The van der Waals surface area contributed by atoms with E-state index >= 15 is 0 Å². The number of thiazole rings is 1. The third-order valence-electron chi connectivity index (χ3n) is 3.89. The van der Waals surface area contributed by atoms with Crippen LogP contribution in [0.15, 0.2) is 23.6 Å². The SMILES string of the molecule is Cc1nc(-c2ccc(N3CCCCCC3)c(N)c2)cs1. The number of hydrogen-bond acceptors (Lipinski definition) is 4. The molecule has 0 atom stereocenters. The first kappa shape index (κ1) is 13.4. The molecule has 0 unspecified atom stereocenters. The summed E-state index contributed by atoms with van der Waals surface area (Å²) in [6.07, 6.45) is 5.22. The van der Waals surface area contributed by atoms with Gasteiger partial charge in [-0.05, 0) is 31.9 Å². The Morgan fingerprint density at radius 3 is 2.50 bits per heavy atom. The first-order chi connectivity index (χ1) is 9.74. The predicted molar refractivity (Wildman–Crippen MR) is 87.4 cm³/mol. The van der Waals surface area contributed by atoms with Crippen LogP contribution in [0.3, 0.4) is 0 Å². The number of nitrogens with zero attached hydrogens (tertiary/aromatic N) is 2. The van der Waals surface area contributed by atoms with Gasteiger partial charge in [0, 0.05) is 24.0 Å². The van der Waals surface area contributed by atoms with Crippen molar-refractivity contribution in [3.8, 4) is 11.3 Å². The van der Waals surface area contributed by atoms with Gasteiger partial charge in [-0.3, -0.25) is 0 Å². The number of benzene rings is 1. The molecule has 1 aromatic carbocycles. The van der Waals surface area contributed by atoms with Crippen LogP contribution in [0.1, 0.15) is 30.7 Å². The quantitative estimate of drug-likeness (QED) is 0.846.